The molecule has 0 aliphatic carbocycles. The number of carbonyl (C=O) groups is 1. The zero-order valence-electron chi connectivity index (χ0n) is 8.47. The Labute approximate surface area is 79.7 Å². The van der Waals surface area contributed by atoms with Gasteiger partial charge in [0.1, 0.15) is 0 Å². The second-order valence-corrected chi connectivity index (χ2v) is 3.27. The van der Waals surface area contributed by atoms with E-state index in [4.69, 9.17) is 5.11 Å². The van der Waals surface area contributed by atoms with Gasteiger partial charge in [-0.25, -0.2) is 0 Å². The molecule has 1 amide bonds. The van der Waals surface area contributed by atoms with Crippen LogP contribution in [0.2, 0.25) is 0 Å². The summed E-state index contributed by atoms with van der Waals surface area (Å²) in [5, 5.41) is 14.5. The molecule has 0 saturated carbocycles. The number of hydrogen-bond acceptors (Lipinski definition) is 3. The first-order valence-electron chi connectivity index (χ1n) is 4.72. The fraction of sp³-hybridized carbons (Fsp3) is 0.889. The molecule has 0 bridgehead atoms. The molecule has 0 fully saturated rings. The van der Waals surface area contributed by atoms with Crippen LogP contribution in [0, 0.1) is 5.92 Å². The summed E-state index contributed by atoms with van der Waals surface area (Å²) in [6.07, 6.45) is 1.41. The van der Waals surface area contributed by atoms with Crippen LogP contribution in [0.3, 0.4) is 0 Å². The summed E-state index contributed by atoms with van der Waals surface area (Å²) >= 11 is 0. The van der Waals surface area contributed by atoms with Crippen molar-refractivity contribution in [3.63, 3.8) is 0 Å². The van der Waals surface area contributed by atoms with Gasteiger partial charge in [-0.1, -0.05) is 6.92 Å². The average molecular weight is 188 g/mol. The lowest BCUT2D eigenvalue weighted by atomic mass is 10.2. The van der Waals surface area contributed by atoms with Crippen molar-refractivity contribution in [2.24, 2.45) is 5.92 Å². The zero-order chi connectivity index (χ0) is 10.1. The van der Waals surface area contributed by atoms with E-state index in [-0.39, 0.29) is 12.5 Å². The van der Waals surface area contributed by atoms with Gasteiger partial charge in [-0.05, 0) is 25.4 Å². The van der Waals surface area contributed by atoms with Crippen LogP contribution in [0.25, 0.3) is 0 Å². The highest BCUT2D eigenvalue weighted by Gasteiger charge is 1.99. The highest BCUT2D eigenvalue weighted by Crippen LogP contribution is 1.90. The third-order valence-corrected chi connectivity index (χ3v) is 1.84. The number of aliphatic hydroxyl groups excluding tert-OH is 1. The second kappa shape index (κ2) is 8.01. The van der Waals surface area contributed by atoms with E-state index < -0.39 is 0 Å². The van der Waals surface area contributed by atoms with Crippen molar-refractivity contribution >= 4 is 5.91 Å². The first-order chi connectivity index (χ1) is 6.20. The van der Waals surface area contributed by atoms with Gasteiger partial charge in [0.2, 0.25) is 5.91 Å². The summed E-state index contributed by atoms with van der Waals surface area (Å²) in [6, 6.07) is 0. The largest absolute Gasteiger partial charge is 0.396 e. The molecule has 4 heteroatoms. The van der Waals surface area contributed by atoms with E-state index in [1.54, 1.807) is 7.05 Å². The lowest BCUT2D eigenvalue weighted by molar-refractivity contribution is -0.120. The minimum absolute atomic E-state index is 0.0806. The Morgan fingerprint density at radius 1 is 1.54 bits per heavy atom. The second-order valence-electron chi connectivity index (χ2n) is 3.27. The number of rotatable bonds is 7. The van der Waals surface area contributed by atoms with Crippen LogP contribution in [0.1, 0.15) is 19.8 Å². The van der Waals surface area contributed by atoms with Crippen molar-refractivity contribution in [1.29, 1.82) is 0 Å². The van der Waals surface area contributed by atoms with E-state index in [0.717, 1.165) is 19.5 Å². The first kappa shape index (κ1) is 12.4. The fourth-order valence-electron chi connectivity index (χ4n) is 0.912. The molecule has 0 saturated heterocycles. The van der Waals surface area contributed by atoms with Gasteiger partial charge < -0.3 is 15.7 Å². The predicted molar refractivity (Wildman–Crippen MR) is 52.4 cm³/mol. The van der Waals surface area contributed by atoms with Gasteiger partial charge in [-0.3, -0.25) is 4.79 Å². The molecule has 3 N–H and O–H groups in total. The first-order valence-corrected chi connectivity index (χ1v) is 4.72. The lowest BCUT2D eigenvalue weighted by Crippen LogP contribution is -2.25. The Hall–Kier alpha value is -0.610. The summed E-state index contributed by atoms with van der Waals surface area (Å²) in [5.74, 6) is 0.372. The Balaban J connectivity index is 3.12. The van der Waals surface area contributed by atoms with Gasteiger partial charge in [0.15, 0.2) is 0 Å². The minimum atomic E-state index is 0.0806. The molecule has 1 unspecified atom stereocenters. The summed E-state index contributed by atoms with van der Waals surface area (Å²) < 4.78 is 0. The number of aliphatic hydroxyl groups is 1. The van der Waals surface area contributed by atoms with Crippen molar-refractivity contribution in [2.75, 3.05) is 26.7 Å². The molecule has 0 heterocycles. The van der Waals surface area contributed by atoms with Crippen molar-refractivity contribution < 1.29 is 9.90 Å². The molecule has 0 rings (SSSR count). The third kappa shape index (κ3) is 7.74. The van der Waals surface area contributed by atoms with E-state index in [2.05, 4.69) is 10.6 Å². The van der Waals surface area contributed by atoms with Gasteiger partial charge in [0, 0.05) is 20.1 Å². The molecule has 78 valence electrons. The van der Waals surface area contributed by atoms with Crippen molar-refractivity contribution in [3.8, 4) is 0 Å². The van der Waals surface area contributed by atoms with Gasteiger partial charge in [0.05, 0.1) is 0 Å². The van der Waals surface area contributed by atoms with Crippen LogP contribution in [0.4, 0.5) is 0 Å². The Bertz CT molecular complexity index is 140. The smallest absolute Gasteiger partial charge is 0.219 e. The molecule has 0 aromatic carbocycles. The summed E-state index contributed by atoms with van der Waals surface area (Å²) in [7, 11) is 1.64. The maximum Gasteiger partial charge on any atom is 0.219 e. The van der Waals surface area contributed by atoms with Crippen LogP contribution in [0.5, 0.6) is 0 Å². The maximum atomic E-state index is 10.8. The van der Waals surface area contributed by atoms with Crippen LogP contribution in [0.15, 0.2) is 0 Å². The predicted octanol–water partition coefficient (Wildman–Crippen LogP) is -0.269. The normalized spacial score (nSPS) is 12.5. The van der Waals surface area contributed by atoms with Crippen LogP contribution in [-0.4, -0.2) is 37.8 Å². The van der Waals surface area contributed by atoms with Crippen LogP contribution < -0.4 is 10.6 Å². The van der Waals surface area contributed by atoms with Crippen LogP contribution >= 0.6 is 0 Å². The van der Waals surface area contributed by atoms with E-state index in [9.17, 15) is 4.79 Å². The summed E-state index contributed by atoms with van der Waals surface area (Å²) in [4.78, 5) is 10.8. The molecular weight excluding hydrogens is 168 g/mol. The number of hydrogen-bond donors (Lipinski definition) is 3. The van der Waals surface area contributed by atoms with Gasteiger partial charge in [-0.2, -0.15) is 0 Å². The summed E-state index contributed by atoms with van der Waals surface area (Å²) in [5.41, 5.74) is 0. The molecule has 13 heavy (non-hydrogen) atoms. The van der Waals surface area contributed by atoms with E-state index >= 15 is 0 Å². The average Bonchev–Trinajstić information content (AvgIpc) is 2.16. The highest BCUT2D eigenvalue weighted by atomic mass is 16.3. The molecule has 0 aromatic heterocycles. The van der Waals surface area contributed by atoms with Gasteiger partial charge in [-0.15, -0.1) is 0 Å². The molecule has 0 spiro atoms. The number of amides is 1. The van der Waals surface area contributed by atoms with Gasteiger partial charge >= 0.3 is 0 Å². The zero-order valence-corrected chi connectivity index (χ0v) is 8.47. The minimum Gasteiger partial charge on any atom is -0.396 e. The topological polar surface area (TPSA) is 61.4 Å². The molecule has 4 nitrogen and oxygen atoms in total. The highest BCUT2D eigenvalue weighted by molar-refractivity contribution is 5.75. The van der Waals surface area contributed by atoms with E-state index in [1.807, 2.05) is 6.92 Å². The monoisotopic (exact) mass is 188 g/mol. The van der Waals surface area contributed by atoms with Crippen molar-refractivity contribution in [1.82, 2.24) is 10.6 Å². The number of nitrogens with one attached hydrogen (secondary N) is 2. The third-order valence-electron chi connectivity index (χ3n) is 1.84. The Morgan fingerprint density at radius 3 is 2.77 bits per heavy atom. The molecule has 1 atom stereocenters. The molecule has 0 aromatic rings. The quantitative estimate of drug-likeness (QED) is 0.482. The SMILES string of the molecule is CNC(=O)CCCNCC(C)CO. The lowest BCUT2D eigenvalue weighted by Gasteiger charge is -2.08. The van der Waals surface area contributed by atoms with Crippen molar-refractivity contribution in [3.05, 3.63) is 0 Å². The molecule has 0 radical (unpaired) electrons. The fourth-order valence-corrected chi connectivity index (χ4v) is 0.912. The van der Waals surface area contributed by atoms with E-state index in [0.29, 0.717) is 12.3 Å². The van der Waals surface area contributed by atoms with Gasteiger partial charge in [0.25, 0.3) is 0 Å². The Morgan fingerprint density at radius 2 is 2.23 bits per heavy atom. The Kier molecular flexibility index (Phi) is 7.63. The van der Waals surface area contributed by atoms with E-state index in [1.165, 1.54) is 0 Å². The molecule has 0 aliphatic rings. The van der Waals surface area contributed by atoms with Crippen molar-refractivity contribution in [2.45, 2.75) is 19.8 Å². The number of carbonyl (C=O) groups excluding carboxylic acids is 1. The standard InChI is InChI=1S/C9H20N2O2/c1-8(7-12)6-11-5-3-4-9(13)10-2/h8,11-12H,3-7H2,1-2H3,(H,10,13). The maximum absolute atomic E-state index is 10.8. The summed E-state index contributed by atoms with van der Waals surface area (Å²) in [6.45, 7) is 3.83. The molecule has 0 aliphatic heterocycles. The molecular formula is C9H20N2O2. The van der Waals surface area contributed by atoms with Crippen LogP contribution in [-0.2, 0) is 4.79 Å².